The van der Waals surface area contributed by atoms with Crippen LogP contribution in [0, 0.1) is 0 Å². The summed E-state index contributed by atoms with van der Waals surface area (Å²) < 4.78 is 30.5. The van der Waals surface area contributed by atoms with Crippen LogP contribution in [0.15, 0.2) is 29.1 Å². The first-order valence-electron chi connectivity index (χ1n) is 10.3. The van der Waals surface area contributed by atoms with Crippen LogP contribution in [0.25, 0.3) is 0 Å². The second-order valence-electron chi connectivity index (χ2n) is 8.11. The van der Waals surface area contributed by atoms with Crippen molar-refractivity contribution in [1.82, 2.24) is 19.2 Å². The first-order chi connectivity index (χ1) is 14.3. The summed E-state index contributed by atoms with van der Waals surface area (Å²) in [7, 11) is -1.64. The van der Waals surface area contributed by atoms with Crippen LogP contribution in [0.3, 0.4) is 0 Å². The van der Waals surface area contributed by atoms with Gasteiger partial charge < -0.3 is 9.72 Å². The second kappa shape index (κ2) is 8.49. The number of sulfonamides is 1. The minimum Gasteiger partial charge on any atom is -0.496 e. The highest BCUT2D eigenvalue weighted by molar-refractivity contribution is 7.88. The molecule has 2 aliphatic heterocycles. The molecule has 2 aliphatic rings. The average Bonchev–Trinajstić information content (AvgIpc) is 2.73. The number of aromatic amines is 1. The van der Waals surface area contributed by atoms with Crippen LogP contribution in [0.1, 0.15) is 41.4 Å². The smallest absolute Gasteiger partial charge is 0.255 e. The molecule has 0 spiro atoms. The van der Waals surface area contributed by atoms with Crippen LogP contribution in [0.2, 0.25) is 0 Å². The lowest BCUT2D eigenvalue weighted by Crippen LogP contribution is -2.40. The van der Waals surface area contributed by atoms with Gasteiger partial charge >= 0.3 is 0 Å². The van der Waals surface area contributed by atoms with E-state index in [4.69, 9.17) is 9.72 Å². The number of para-hydroxylation sites is 1. The lowest BCUT2D eigenvalue weighted by Gasteiger charge is -2.33. The van der Waals surface area contributed by atoms with Gasteiger partial charge in [-0.25, -0.2) is 13.4 Å². The molecule has 8 nitrogen and oxygen atoms in total. The van der Waals surface area contributed by atoms with Crippen LogP contribution < -0.4 is 10.3 Å². The highest BCUT2D eigenvalue weighted by Gasteiger charge is 2.29. The Bertz CT molecular complexity index is 1080. The Morgan fingerprint density at radius 2 is 2.07 bits per heavy atom. The molecule has 0 bridgehead atoms. The van der Waals surface area contributed by atoms with Gasteiger partial charge in [0.15, 0.2) is 0 Å². The third kappa shape index (κ3) is 4.43. The molecule has 0 aliphatic carbocycles. The molecule has 1 aromatic heterocycles. The summed E-state index contributed by atoms with van der Waals surface area (Å²) in [4.78, 5) is 22.8. The van der Waals surface area contributed by atoms with Crippen LogP contribution in [-0.4, -0.2) is 60.6 Å². The standard InChI is InChI=1S/C21H28N4O4S/c1-29-19-8-4-3-6-15(19)12-24-10-5-7-16(13-24)20-22-18-9-11-25(30(2,27)28)14-17(18)21(26)23-20/h3-4,6,8,16H,5,7,9-14H2,1-2H3,(H,22,23,26)/t16-/m1/s1. The topological polar surface area (TPSA) is 95.6 Å². The zero-order valence-corrected chi connectivity index (χ0v) is 18.2. The molecule has 0 radical (unpaired) electrons. The number of methoxy groups -OCH3 is 1. The van der Waals surface area contributed by atoms with E-state index in [-0.39, 0.29) is 18.0 Å². The molecule has 1 atom stereocenters. The van der Waals surface area contributed by atoms with Gasteiger partial charge in [-0.1, -0.05) is 18.2 Å². The number of nitrogens with one attached hydrogen (secondary N) is 1. The van der Waals surface area contributed by atoms with Gasteiger partial charge in [0.2, 0.25) is 10.0 Å². The van der Waals surface area contributed by atoms with E-state index in [1.165, 1.54) is 10.6 Å². The SMILES string of the molecule is COc1ccccc1CN1CCC[C@@H](c2nc3c(c(=O)[nH]2)CN(S(C)(=O)=O)CC3)C1. The van der Waals surface area contributed by atoms with E-state index < -0.39 is 10.0 Å². The van der Waals surface area contributed by atoms with E-state index in [9.17, 15) is 13.2 Å². The van der Waals surface area contributed by atoms with Crippen LogP contribution >= 0.6 is 0 Å². The van der Waals surface area contributed by atoms with Crippen molar-refractivity contribution in [1.29, 1.82) is 0 Å². The molecule has 1 saturated heterocycles. The fraction of sp³-hybridized carbons (Fsp3) is 0.524. The zero-order valence-electron chi connectivity index (χ0n) is 17.4. The number of H-pyrrole nitrogens is 1. The van der Waals surface area contributed by atoms with Gasteiger partial charge in [-0.2, -0.15) is 4.31 Å². The van der Waals surface area contributed by atoms with Gasteiger partial charge in [-0.3, -0.25) is 9.69 Å². The maximum atomic E-state index is 12.7. The van der Waals surface area contributed by atoms with E-state index >= 15 is 0 Å². The predicted octanol–water partition coefficient (Wildman–Crippen LogP) is 1.48. The second-order valence-corrected chi connectivity index (χ2v) is 10.1. The summed E-state index contributed by atoms with van der Waals surface area (Å²) in [5, 5.41) is 0. The number of nitrogens with zero attached hydrogens (tertiary/aromatic N) is 3. The molecule has 30 heavy (non-hydrogen) atoms. The van der Waals surface area contributed by atoms with Gasteiger partial charge in [-0.05, 0) is 25.5 Å². The monoisotopic (exact) mass is 432 g/mol. The minimum absolute atomic E-state index is 0.0986. The molecule has 4 rings (SSSR count). The molecule has 9 heteroatoms. The van der Waals surface area contributed by atoms with E-state index in [0.717, 1.165) is 55.3 Å². The van der Waals surface area contributed by atoms with Crippen molar-refractivity contribution in [3.63, 3.8) is 0 Å². The Kier molecular flexibility index (Phi) is 5.95. The van der Waals surface area contributed by atoms with Crippen LogP contribution in [-0.2, 0) is 29.5 Å². The summed E-state index contributed by atoms with van der Waals surface area (Å²) in [6, 6.07) is 8.03. The fourth-order valence-electron chi connectivity index (χ4n) is 4.39. The number of hydrogen-bond donors (Lipinski definition) is 1. The van der Waals surface area contributed by atoms with Gasteiger partial charge in [-0.15, -0.1) is 0 Å². The first-order valence-corrected chi connectivity index (χ1v) is 12.1. The van der Waals surface area contributed by atoms with E-state index in [2.05, 4.69) is 16.0 Å². The third-order valence-corrected chi connectivity index (χ3v) is 7.25. The zero-order chi connectivity index (χ0) is 21.3. The highest BCUT2D eigenvalue weighted by atomic mass is 32.2. The highest BCUT2D eigenvalue weighted by Crippen LogP contribution is 2.28. The van der Waals surface area contributed by atoms with Crippen LogP contribution in [0.4, 0.5) is 0 Å². The Morgan fingerprint density at radius 3 is 2.83 bits per heavy atom. The van der Waals surface area contributed by atoms with Crippen molar-refractivity contribution in [2.24, 2.45) is 0 Å². The summed E-state index contributed by atoms with van der Waals surface area (Å²) >= 11 is 0. The quantitative estimate of drug-likeness (QED) is 0.769. The molecular weight excluding hydrogens is 404 g/mol. The summed E-state index contributed by atoms with van der Waals surface area (Å²) in [6.45, 7) is 3.06. The summed E-state index contributed by atoms with van der Waals surface area (Å²) in [6.07, 6.45) is 3.64. The molecule has 0 saturated carbocycles. The van der Waals surface area contributed by atoms with Crippen molar-refractivity contribution in [3.8, 4) is 5.75 Å². The van der Waals surface area contributed by atoms with Crippen molar-refractivity contribution in [3.05, 3.63) is 57.3 Å². The Hall–Kier alpha value is -2.23. The Balaban J connectivity index is 1.52. The Labute approximate surface area is 176 Å². The molecule has 2 aromatic rings. The number of hydrogen-bond acceptors (Lipinski definition) is 6. The number of ether oxygens (including phenoxy) is 1. The molecule has 3 heterocycles. The van der Waals surface area contributed by atoms with Gasteiger partial charge in [0, 0.05) is 44.1 Å². The van der Waals surface area contributed by atoms with Crippen molar-refractivity contribution < 1.29 is 13.2 Å². The third-order valence-electron chi connectivity index (χ3n) is 6.00. The lowest BCUT2D eigenvalue weighted by molar-refractivity contribution is 0.194. The van der Waals surface area contributed by atoms with Gasteiger partial charge in [0.25, 0.3) is 5.56 Å². The molecule has 1 fully saturated rings. The molecule has 0 unspecified atom stereocenters. The first kappa shape index (κ1) is 21.0. The van der Waals surface area contributed by atoms with Crippen molar-refractivity contribution >= 4 is 10.0 Å². The number of piperidine rings is 1. The molecule has 1 aromatic carbocycles. The fourth-order valence-corrected chi connectivity index (χ4v) is 5.18. The van der Waals surface area contributed by atoms with Crippen LogP contribution in [0.5, 0.6) is 5.75 Å². The van der Waals surface area contributed by atoms with E-state index in [1.807, 2.05) is 18.2 Å². The maximum absolute atomic E-state index is 12.7. The predicted molar refractivity (Wildman–Crippen MR) is 114 cm³/mol. The van der Waals surface area contributed by atoms with E-state index in [1.54, 1.807) is 7.11 Å². The van der Waals surface area contributed by atoms with Gasteiger partial charge in [0.05, 0.1) is 24.6 Å². The number of rotatable bonds is 5. The van der Waals surface area contributed by atoms with Crippen molar-refractivity contribution in [2.75, 3.05) is 33.0 Å². The number of fused-ring (bicyclic) bond motifs is 1. The van der Waals surface area contributed by atoms with Gasteiger partial charge in [0.1, 0.15) is 11.6 Å². The lowest BCUT2D eigenvalue weighted by atomic mass is 9.96. The number of aromatic nitrogens is 2. The molecule has 0 amide bonds. The Morgan fingerprint density at radius 1 is 1.27 bits per heavy atom. The summed E-state index contributed by atoms with van der Waals surface area (Å²) in [5.74, 6) is 1.76. The normalized spacial score (nSPS) is 20.7. The van der Waals surface area contributed by atoms with E-state index in [0.29, 0.717) is 18.5 Å². The largest absolute Gasteiger partial charge is 0.496 e. The average molecular weight is 433 g/mol. The molecule has 1 N–H and O–H groups in total. The number of benzene rings is 1. The molecule has 162 valence electrons. The maximum Gasteiger partial charge on any atom is 0.255 e. The van der Waals surface area contributed by atoms with Crippen molar-refractivity contribution in [2.45, 2.75) is 38.3 Å². The molecular formula is C21H28N4O4S. The minimum atomic E-state index is -3.32. The number of likely N-dealkylation sites (tertiary alicyclic amines) is 1. The summed E-state index contributed by atoms with van der Waals surface area (Å²) in [5.41, 5.74) is 2.13.